The SMILES string of the molecule is C=CC(=O)OCCCCOC(=O)C1CCC(OC(=O)C2CCC(C(=O)Oc3ccc(OC(=O)C4CCC(C(=O)OC5CCC(C(=O)OCCCCOC(=O)C=C)CC5)CC4)c(C=N)c3)CC2)CC1. The summed E-state index contributed by atoms with van der Waals surface area (Å²) in [7, 11) is 0. The van der Waals surface area contributed by atoms with E-state index in [9.17, 15) is 38.4 Å². The topological polar surface area (TPSA) is 234 Å². The lowest BCUT2D eigenvalue weighted by Gasteiger charge is -2.30. The Balaban J connectivity index is 0.936. The molecule has 372 valence electrons. The predicted octanol–water partition coefficient (Wildman–Crippen LogP) is 7.42. The zero-order valence-electron chi connectivity index (χ0n) is 39.0. The number of carbonyl (C=O) groups excluding carboxylic acids is 8. The quantitative estimate of drug-likeness (QED) is 0.0281. The average molecular weight is 950 g/mol. The molecule has 1 aromatic rings. The second-order valence-corrected chi connectivity index (χ2v) is 18.1. The van der Waals surface area contributed by atoms with Gasteiger partial charge in [0.2, 0.25) is 0 Å². The van der Waals surface area contributed by atoms with E-state index in [2.05, 4.69) is 13.2 Å². The molecular formula is C51H67NO16. The van der Waals surface area contributed by atoms with Gasteiger partial charge in [0.15, 0.2) is 0 Å². The van der Waals surface area contributed by atoms with Crippen molar-refractivity contribution < 1.29 is 76.3 Å². The molecule has 0 bridgehead atoms. The molecule has 1 N–H and O–H groups in total. The highest BCUT2D eigenvalue weighted by Crippen LogP contribution is 2.36. The van der Waals surface area contributed by atoms with E-state index in [0.717, 1.165) is 18.4 Å². The summed E-state index contributed by atoms with van der Waals surface area (Å²) < 4.78 is 43.6. The monoisotopic (exact) mass is 949 g/mol. The van der Waals surface area contributed by atoms with E-state index in [1.165, 1.54) is 18.2 Å². The van der Waals surface area contributed by atoms with Crippen LogP contribution in [0.4, 0.5) is 0 Å². The van der Waals surface area contributed by atoms with Crippen LogP contribution in [0, 0.1) is 40.9 Å². The van der Waals surface area contributed by atoms with Gasteiger partial charge in [0, 0.05) is 23.9 Å². The molecule has 4 fully saturated rings. The van der Waals surface area contributed by atoms with Crippen LogP contribution in [0.3, 0.4) is 0 Å². The van der Waals surface area contributed by atoms with Gasteiger partial charge in [0.25, 0.3) is 0 Å². The predicted molar refractivity (Wildman–Crippen MR) is 243 cm³/mol. The summed E-state index contributed by atoms with van der Waals surface area (Å²) in [4.78, 5) is 99.7. The Kier molecular flexibility index (Phi) is 21.7. The number of ether oxygens (including phenoxy) is 8. The molecule has 0 atom stereocenters. The van der Waals surface area contributed by atoms with Crippen molar-refractivity contribution in [2.75, 3.05) is 26.4 Å². The van der Waals surface area contributed by atoms with E-state index in [1.807, 2.05) is 0 Å². The Bertz CT molecular complexity index is 1930. The van der Waals surface area contributed by atoms with E-state index >= 15 is 0 Å². The average Bonchev–Trinajstić information content (AvgIpc) is 3.36. The number of hydrogen-bond acceptors (Lipinski definition) is 17. The molecule has 4 aliphatic carbocycles. The first-order valence-electron chi connectivity index (χ1n) is 24.3. The maximum atomic E-state index is 13.2. The molecule has 0 saturated heterocycles. The zero-order chi connectivity index (χ0) is 48.8. The Morgan fingerprint density at radius 2 is 0.794 bits per heavy atom. The van der Waals surface area contributed by atoms with Crippen LogP contribution in [0.1, 0.15) is 134 Å². The Morgan fingerprint density at radius 1 is 0.456 bits per heavy atom. The van der Waals surface area contributed by atoms with Gasteiger partial charge in [-0.2, -0.15) is 0 Å². The summed E-state index contributed by atoms with van der Waals surface area (Å²) in [5.41, 5.74) is 0.255. The lowest BCUT2D eigenvalue weighted by molar-refractivity contribution is -0.161. The van der Waals surface area contributed by atoms with Gasteiger partial charge in [-0.15, -0.1) is 0 Å². The fourth-order valence-corrected chi connectivity index (χ4v) is 9.12. The summed E-state index contributed by atoms with van der Waals surface area (Å²) in [6.07, 6.45) is 13.1. The van der Waals surface area contributed by atoms with Gasteiger partial charge in [-0.3, -0.25) is 28.8 Å². The van der Waals surface area contributed by atoms with Crippen LogP contribution >= 0.6 is 0 Å². The van der Waals surface area contributed by atoms with Crippen molar-refractivity contribution in [3.05, 3.63) is 49.1 Å². The Morgan fingerprint density at radius 3 is 1.18 bits per heavy atom. The number of nitrogens with one attached hydrogen (secondary N) is 1. The molecule has 1 aromatic carbocycles. The molecular weight excluding hydrogens is 883 g/mol. The molecule has 4 aliphatic rings. The van der Waals surface area contributed by atoms with E-state index in [0.29, 0.717) is 128 Å². The summed E-state index contributed by atoms with van der Waals surface area (Å²) in [5, 5.41) is 7.94. The maximum Gasteiger partial charge on any atom is 0.330 e. The van der Waals surface area contributed by atoms with Gasteiger partial charge >= 0.3 is 47.8 Å². The van der Waals surface area contributed by atoms with Crippen LogP contribution < -0.4 is 9.47 Å². The van der Waals surface area contributed by atoms with Crippen molar-refractivity contribution in [1.82, 2.24) is 0 Å². The molecule has 17 heteroatoms. The van der Waals surface area contributed by atoms with Gasteiger partial charge in [-0.1, -0.05) is 13.2 Å². The smallest absolute Gasteiger partial charge is 0.330 e. The van der Waals surface area contributed by atoms with Crippen LogP contribution in [0.2, 0.25) is 0 Å². The van der Waals surface area contributed by atoms with E-state index < -0.39 is 35.7 Å². The molecule has 17 nitrogen and oxygen atoms in total. The highest BCUT2D eigenvalue weighted by Gasteiger charge is 2.37. The van der Waals surface area contributed by atoms with Crippen molar-refractivity contribution in [1.29, 1.82) is 5.41 Å². The highest BCUT2D eigenvalue weighted by atomic mass is 16.6. The van der Waals surface area contributed by atoms with Gasteiger partial charge in [0.1, 0.15) is 23.7 Å². The van der Waals surface area contributed by atoms with Crippen LogP contribution in [0.5, 0.6) is 11.5 Å². The van der Waals surface area contributed by atoms with Crippen LogP contribution in [-0.4, -0.2) is 92.6 Å². The summed E-state index contributed by atoms with van der Waals surface area (Å²) in [6.45, 7) is 7.64. The van der Waals surface area contributed by atoms with Gasteiger partial charge in [-0.05, 0) is 147 Å². The third-order valence-corrected chi connectivity index (χ3v) is 13.3. The van der Waals surface area contributed by atoms with E-state index in [4.69, 9.17) is 43.3 Å². The number of benzene rings is 1. The largest absolute Gasteiger partial charge is 0.465 e. The summed E-state index contributed by atoms with van der Waals surface area (Å²) in [6, 6.07) is 4.47. The number of carbonyl (C=O) groups is 8. The molecule has 0 spiro atoms. The van der Waals surface area contributed by atoms with Gasteiger partial charge in [-0.25, -0.2) is 9.59 Å². The second-order valence-electron chi connectivity index (χ2n) is 18.1. The highest BCUT2D eigenvalue weighted by molar-refractivity contribution is 5.86. The number of rotatable bonds is 23. The van der Waals surface area contributed by atoms with E-state index in [-0.39, 0.29) is 103 Å². The van der Waals surface area contributed by atoms with Crippen molar-refractivity contribution >= 4 is 54.0 Å². The van der Waals surface area contributed by atoms with Crippen LogP contribution in [-0.2, 0) is 66.8 Å². The third kappa shape index (κ3) is 17.0. The maximum absolute atomic E-state index is 13.2. The Hall–Kier alpha value is -5.87. The van der Waals surface area contributed by atoms with Crippen molar-refractivity contribution in [3.63, 3.8) is 0 Å². The fraction of sp³-hybridized carbons (Fsp3) is 0.627. The summed E-state index contributed by atoms with van der Waals surface area (Å²) >= 11 is 0. The standard InChI is InChI=1S/C51H67NO16/c1-3-44(53)61-27-5-7-29-63-46(55)33-17-21-40(22-18-33)65-48(57)35-9-11-37(12-10-35)50(59)67-42-25-26-43(39(31-42)32-52)68-51(60)38-15-13-36(14-16-38)49(58)66-41-23-19-34(20-24-41)47(56)64-30-8-6-28-62-45(54)4-2/h3-4,25-26,31-38,40-41,52H,1-2,5-24,27-30H2. The van der Waals surface area contributed by atoms with Crippen molar-refractivity contribution in [2.24, 2.45) is 35.5 Å². The first-order chi connectivity index (χ1) is 32.9. The van der Waals surface area contributed by atoms with Crippen LogP contribution in [0.15, 0.2) is 43.5 Å². The van der Waals surface area contributed by atoms with Gasteiger partial charge < -0.3 is 43.3 Å². The molecule has 0 aliphatic heterocycles. The lowest BCUT2D eigenvalue weighted by Crippen LogP contribution is -2.33. The minimum Gasteiger partial charge on any atom is -0.465 e. The number of hydrogen-bond donors (Lipinski definition) is 1. The second kappa shape index (κ2) is 27.8. The minimum atomic E-state index is -0.486. The fourth-order valence-electron chi connectivity index (χ4n) is 9.12. The molecule has 0 unspecified atom stereocenters. The molecule has 0 aromatic heterocycles. The lowest BCUT2D eigenvalue weighted by atomic mass is 9.82. The normalized spacial score (nSPS) is 24.6. The van der Waals surface area contributed by atoms with E-state index in [1.54, 1.807) is 0 Å². The Labute approximate surface area is 397 Å². The summed E-state index contributed by atoms with van der Waals surface area (Å²) in [5.74, 6) is -4.69. The number of esters is 8. The molecule has 4 saturated carbocycles. The van der Waals surface area contributed by atoms with Crippen LogP contribution in [0.25, 0.3) is 0 Å². The molecule has 0 heterocycles. The number of unbranched alkanes of at least 4 members (excludes halogenated alkanes) is 2. The van der Waals surface area contributed by atoms with Gasteiger partial charge in [0.05, 0.1) is 61.9 Å². The molecule has 5 rings (SSSR count). The van der Waals surface area contributed by atoms with Crippen molar-refractivity contribution in [2.45, 2.75) is 141 Å². The first-order valence-corrected chi connectivity index (χ1v) is 24.3. The third-order valence-electron chi connectivity index (χ3n) is 13.3. The first kappa shape index (κ1) is 53.1. The zero-order valence-corrected chi connectivity index (χ0v) is 39.0. The molecule has 0 radical (unpaired) electrons. The molecule has 0 amide bonds. The molecule has 68 heavy (non-hydrogen) atoms. The van der Waals surface area contributed by atoms with Crippen molar-refractivity contribution in [3.8, 4) is 11.5 Å². The minimum absolute atomic E-state index is 0.155.